The molecule has 0 aliphatic carbocycles. The minimum atomic E-state index is -5.08. The Labute approximate surface area is 216 Å². The monoisotopic (exact) mass is 577 g/mol. The van der Waals surface area contributed by atoms with Crippen LogP contribution < -0.4 is 0 Å². The lowest BCUT2D eigenvalue weighted by atomic mass is 9.87. The number of aliphatic carboxylic acids is 2. The van der Waals surface area contributed by atoms with E-state index in [1.54, 1.807) is 22.7 Å². The number of carboxylic acids is 2. The molecule has 2 aromatic rings. The molecule has 4 rings (SSSR count). The molecule has 0 aromatic carbocycles. The van der Waals surface area contributed by atoms with Crippen LogP contribution in [0.4, 0.5) is 26.3 Å². The van der Waals surface area contributed by atoms with Crippen LogP contribution in [0.3, 0.4) is 0 Å². The van der Waals surface area contributed by atoms with Crippen molar-refractivity contribution in [2.45, 2.75) is 31.9 Å². The standard InChI is InChI=1S/C17H23N3OS2.2C2HF3O2/c1-7-22-11-15(1)9-20-5-6-21-14-17(13-20)2-4-19(12-17)10-16-18-3-8-23-16;2*3-2(4,5)1(6)7/h1,3,7-8,11H,2,4-6,9-10,12-14H2;2*(H,6,7). The zero-order valence-corrected chi connectivity index (χ0v) is 20.9. The highest BCUT2D eigenvalue weighted by Crippen LogP contribution is 2.34. The maximum absolute atomic E-state index is 10.6. The van der Waals surface area contributed by atoms with E-state index >= 15 is 0 Å². The van der Waals surface area contributed by atoms with E-state index < -0.39 is 24.3 Å². The highest BCUT2D eigenvalue weighted by molar-refractivity contribution is 7.09. The minimum Gasteiger partial charge on any atom is -0.475 e. The van der Waals surface area contributed by atoms with Crippen LogP contribution in [0.25, 0.3) is 0 Å². The molecule has 1 unspecified atom stereocenters. The van der Waals surface area contributed by atoms with E-state index in [1.165, 1.54) is 17.0 Å². The maximum atomic E-state index is 10.6. The third-order valence-electron chi connectivity index (χ3n) is 5.35. The van der Waals surface area contributed by atoms with Crippen LogP contribution in [0.1, 0.15) is 17.0 Å². The van der Waals surface area contributed by atoms with E-state index in [2.05, 4.69) is 37.0 Å². The molecular weight excluding hydrogens is 552 g/mol. The lowest BCUT2D eigenvalue weighted by molar-refractivity contribution is -0.193. The number of carboxylic acid groups (broad SMARTS) is 2. The van der Waals surface area contributed by atoms with Crippen LogP contribution in [-0.2, 0) is 27.4 Å². The average Bonchev–Trinajstić information content (AvgIpc) is 3.52. The van der Waals surface area contributed by atoms with Crippen LogP contribution in [0.15, 0.2) is 28.4 Å². The van der Waals surface area contributed by atoms with E-state index in [0.717, 1.165) is 52.5 Å². The van der Waals surface area contributed by atoms with Gasteiger partial charge in [0.25, 0.3) is 0 Å². The SMILES string of the molecule is O=C(O)C(F)(F)F.O=C(O)C(F)(F)F.c1csc(CN2CCC3(COCCN(Cc4ccsc4)C3)C2)n1. The number of rotatable bonds is 4. The largest absolute Gasteiger partial charge is 0.490 e. The Hall–Kier alpha value is -2.27. The third-order valence-corrected chi connectivity index (χ3v) is 6.85. The summed E-state index contributed by atoms with van der Waals surface area (Å²) in [5.41, 5.74) is 1.73. The average molecular weight is 578 g/mol. The van der Waals surface area contributed by atoms with Gasteiger partial charge in [-0.15, -0.1) is 11.3 Å². The van der Waals surface area contributed by atoms with Crippen molar-refractivity contribution in [3.8, 4) is 0 Å². The number of hydrogen-bond donors (Lipinski definition) is 2. The summed E-state index contributed by atoms with van der Waals surface area (Å²) in [4.78, 5) is 27.4. The van der Waals surface area contributed by atoms with E-state index in [4.69, 9.17) is 24.5 Å². The summed E-state index contributed by atoms with van der Waals surface area (Å²) in [6.45, 7) is 8.30. The lowest BCUT2D eigenvalue weighted by Gasteiger charge is -2.31. The van der Waals surface area contributed by atoms with E-state index in [1.807, 2.05) is 6.20 Å². The predicted molar refractivity (Wildman–Crippen MR) is 122 cm³/mol. The van der Waals surface area contributed by atoms with Crippen molar-refractivity contribution in [2.75, 3.05) is 39.4 Å². The zero-order valence-electron chi connectivity index (χ0n) is 19.3. The molecule has 16 heteroatoms. The van der Waals surface area contributed by atoms with Gasteiger partial charge < -0.3 is 14.9 Å². The van der Waals surface area contributed by atoms with Gasteiger partial charge >= 0.3 is 24.3 Å². The third kappa shape index (κ3) is 10.9. The van der Waals surface area contributed by atoms with Crippen molar-refractivity contribution in [3.05, 3.63) is 39.0 Å². The molecule has 1 spiro atoms. The summed E-state index contributed by atoms with van der Waals surface area (Å²) >= 11 is 3.55. The van der Waals surface area contributed by atoms with Gasteiger partial charge in [-0.2, -0.15) is 37.7 Å². The Morgan fingerprint density at radius 2 is 1.59 bits per heavy atom. The summed E-state index contributed by atoms with van der Waals surface area (Å²) < 4.78 is 69.5. The molecule has 37 heavy (non-hydrogen) atoms. The normalized spacial score (nSPS) is 20.9. The Kier molecular flexibility index (Phi) is 11.3. The van der Waals surface area contributed by atoms with Crippen LogP contribution in [0.2, 0.25) is 0 Å². The Morgan fingerprint density at radius 3 is 2.08 bits per heavy atom. The zero-order chi connectivity index (χ0) is 27.7. The van der Waals surface area contributed by atoms with Gasteiger partial charge in [0, 0.05) is 43.2 Å². The van der Waals surface area contributed by atoms with Gasteiger partial charge in [0.15, 0.2) is 0 Å². The number of aromatic nitrogens is 1. The van der Waals surface area contributed by atoms with Crippen molar-refractivity contribution < 1.29 is 50.9 Å². The van der Waals surface area contributed by atoms with Crippen molar-refractivity contribution in [3.63, 3.8) is 0 Å². The molecular formula is C21H25F6N3O5S2. The number of hydrogen-bond acceptors (Lipinski definition) is 8. The number of carbonyl (C=O) groups is 2. The first-order valence-corrected chi connectivity index (χ1v) is 12.5. The second-order valence-electron chi connectivity index (χ2n) is 8.39. The molecule has 2 aromatic heterocycles. The van der Waals surface area contributed by atoms with Crippen molar-refractivity contribution in [1.82, 2.24) is 14.8 Å². The van der Waals surface area contributed by atoms with Crippen LogP contribution >= 0.6 is 22.7 Å². The summed E-state index contributed by atoms with van der Waals surface area (Å²) in [5.74, 6) is -5.51. The van der Waals surface area contributed by atoms with Gasteiger partial charge in [0.2, 0.25) is 0 Å². The number of halogens is 6. The molecule has 2 fully saturated rings. The topological polar surface area (TPSA) is 103 Å². The van der Waals surface area contributed by atoms with Crippen molar-refractivity contribution in [1.29, 1.82) is 0 Å². The summed E-state index contributed by atoms with van der Waals surface area (Å²) in [5, 5.41) is 22.0. The molecule has 2 aliphatic rings. The molecule has 8 nitrogen and oxygen atoms in total. The van der Waals surface area contributed by atoms with E-state index in [9.17, 15) is 26.3 Å². The Balaban J connectivity index is 0.000000286. The van der Waals surface area contributed by atoms with Crippen LogP contribution in [0, 0.1) is 5.41 Å². The van der Waals surface area contributed by atoms with Gasteiger partial charge in [-0.25, -0.2) is 14.6 Å². The summed E-state index contributed by atoms with van der Waals surface area (Å²) in [7, 11) is 0. The summed E-state index contributed by atoms with van der Waals surface area (Å²) in [6, 6.07) is 2.24. The molecule has 4 heterocycles. The van der Waals surface area contributed by atoms with Gasteiger partial charge in [0.1, 0.15) is 5.01 Å². The Bertz CT molecular complexity index is 948. The molecule has 1 atom stereocenters. The molecule has 2 N–H and O–H groups in total. The molecule has 2 saturated heterocycles. The fourth-order valence-corrected chi connectivity index (χ4v) is 5.11. The van der Waals surface area contributed by atoms with E-state index in [0.29, 0.717) is 5.41 Å². The molecule has 0 radical (unpaired) electrons. The van der Waals surface area contributed by atoms with Crippen LogP contribution in [0.5, 0.6) is 0 Å². The van der Waals surface area contributed by atoms with Gasteiger partial charge in [0.05, 0.1) is 19.8 Å². The number of likely N-dealkylation sites (tertiary alicyclic amines) is 1. The first-order valence-electron chi connectivity index (χ1n) is 10.7. The molecule has 0 bridgehead atoms. The molecule has 0 saturated carbocycles. The van der Waals surface area contributed by atoms with Crippen LogP contribution in [-0.4, -0.2) is 88.7 Å². The van der Waals surface area contributed by atoms with E-state index in [-0.39, 0.29) is 0 Å². The number of ether oxygens (including phenoxy) is 1. The Morgan fingerprint density at radius 1 is 1.00 bits per heavy atom. The minimum absolute atomic E-state index is 0.295. The number of thiophene rings is 1. The fraction of sp³-hybridized carbons (Fsp3) is 0.571. The maximum Gasteiger partial charge on any atom is 0.490 e. The lowest BCUT2D eigenvalue weighted by Crippen LogP contribution is -2.40. The van der Waals surface area contributed by atoms with Gasteiger partial charge in [-0.05, 0) is 35.4 Å². The highest BCUT2D eigenvalue weighted by Gasteiger charge is 2.41. The van der Waals surface area contributed by atoms with Gasteiger partial charge in [-0.3, -0.25) is 9.80 Å². The van der Waals surface area contributed by atoms with Crippen molar-refractivity contribution >= 4 is 34.6 Å². The highest BCUT2D eigenvalue weighted by atomic mass is 32.1. The first kappa shape index (κ1) is 31.0. The molecule has 2 aliphatic heterocycles. The number of thiazole rings is 1. The predicted octanol–water partition coefficient (Wildman–Crippen LogP) is 4.20. The first-order chi connectivity index (χ1) is 17.2. The fourth-order valence-electron chi connectivity index (χ4n) is 3.79. The number of alkyl halides is 6. The second-order valence-corrected chi connectivity index (χ2v) is 10.1. The second kappa shape index (κ2) is 13.5. The number of nitrogens with zero attached hydrogens (tertiary/aromatic N) is 3. The van der Waals surface area contributed by atoms with Crippen molar-refractivity contribution in [2.24, 2.45) is 5.41 Å². The summed E-state index contributed by atoms with van der Waals surface area (Å²) in [6.07, 6.45) is -7.03. The molecule has 208 valence electrons. The molecule has 0 amide bonds. The van der Waals surface area contributed by atoms with Gasteiger partial charge in [-0.1, -0.05) is 0 Å². The smallest absolute Gasteiger partial charge is 0.475 e. The quantitative estimate of drug-likeness (QED) is 0.522.